The Kier molecular flexibility index (Phi) is 4.87. The second-order valence-corrected chi connectivity index (χ2v) is 6.15. The molecule has 0 radical (unpaired) electrons. The Morgan fingerprint density at radius 2 is 1.68 bits per heavy atom. The molecule has 25 heavy (non-hydrogen) atoms. The SMILES string of the molecule is Nc1nc(Nc2ccc(S(=O)[O-])cc2)ccc1C(=O)c1ccccc1. The minimum absolute atomic E-state index is 0.121. The fourth-order valence-corrected chi connectivity index (χ4v) is 2.64. The predicted molar refractivity (Wildman–Crippen MR) is 95.4 cm³/mol. The average Bonchev–Trinajstić information content (AvgIpc) is 2.62. The van der Waals surface area contributed by atoms with Gasteiger partial charge in [-0.3, -0.25) is 9.00 Å². The molecule has 0 saturated carbocycles. The van der Waals surface area contributed by atoms with E-state index in [2.05, 4.69) is 10.3 Å². The van der Waals surface area contributed by atoms with Gasteiger partial charge in [0, 0.05) is 16.1 Å². The van der Waals surface area contributed by atoms with Crippen molar-refractivity contribution >= 4 is 34.2 Å². The monoisotopic (exact) mass is 352 g/mol. The van der Waals surface area contributed by atoms with E-state index in [1.165, 1.54) is 12.1 Å². The highest BCUT2D eigenvalue weighted by Crippen LogP contribution is 2.21. The van der Waals surface area contributed by atoms with E-state index in [0.717, 1.165) is 0 Å². The number of carbonyl (C=O) groups excluding carboxylic acids is 1. The van der Waals surface area contributed by atoms with Crippen LogP contribution in [0.1, 0.15) is 15.9 Å². The molecular weight excluding hydrogens is 338 g/mol. The first-order valence-corrected chi connectivity index (χ1v) is 8.45. The van der Waals surface area contributed by atoms with Crippen molar-refractivity contribution in [1.29, 1.82) is 0 Å². The molecule has 1 atom stereocenters. The number of hydrogen-bond donors (Lipinski definition) is 2. The third kappa shape index (κ3) is 3.90. The minimum Gasteiger partial charge on any atom is -0.768 e. The molecule has 2 aromatic carbocycles. The first kappa shape index (κ1) is 16.8. The minimum atomic E-state index is -2.26. The zero-order chi connectivity index (χ0) is 17.8. The van der Waals surface area contributed by atoms with Crippen LogP contribution in [-0.2, 0) is 11.1 Å². The van der Waals surface area contributed by atoms with E-state index >= 15 is 0 Å². The van der Waals surface area contributed by atoms with Gasteiger partial charge < -0.3 is 15.6 Å². The van der Waals surface area contributed by atoms with Crippen LogP contribution in [0.3, 0.4) is 0 Å². The number of nitrogens with two attached hydrogens (primary N) is 1. The van der Waals surface area contributed by atoms with Crippen molar-refractivity contribution < 1.29 is 13.6 Å². The van der Waals surface area contributed by atoms with Gasteiger partial charge in [-0.2, -0.15) is 0 Å². The third-order valence-corrected chi connectivity index (χ3v) is 4.18. The van der Waals surface area contributed by atoms with Crippen molar-refractivity contribution in [2.75, 3.05) is 11.1 Å². The zero-order valence-corrected chi connectivity index (χ0v) is 13.8. The molecule has 3 rings (SSSR count). The lowest BCUT2D eigenvalue weighted by Crippen LogP contribution is -2.08. The molecule has 0 aliphatic rings. The summed E-state index contributed by atoms with van der Waals surface area (Å²) in [6, 6.07) is 18.3. The number of aromatic nitrogens is 1. The number of benzene rings is 2. The first-order chi connectivity index (χ1) is 12.0. The van der Waals surface area contributed by atoms with Crippen molar-refractivity contribution in [2.24, 2.45) is 0 Å². The van der Waals surface area contributed by atoms with Crippen LogP contribution in [0.2, 0.25) is 0 Å². The summed E-state index contributed by atoms with van der Waals surface area (Å²) in [5.74, 6) is 0.383. The molecule has 1 unspecified atom stereocenters. The molecule has 7 heteroatoms. The highest BCUT2D eigenvalue weighted by atomic mass is 32.2. The fraction of sp³-hybridized carbons (Fsp3) is 0. The number of nitrogens with one attached hydrogen (secondary N) is 1. The molecular formula is C18H14N3O3S-. The van der Waals surface area contributed by atoms with Crippen LogP contribution < -0.4 is 11.1 Å². The summed E-state index contributed by atoms with van der Waals surface area (Å²) >= 11 is -2.26. The fourth-order valence-electron chi connectivity index (χ4n) is 2.28. The summed E-state index contributed by atoms with van der Waals surface area (Å²) in [6.45, 7) is 0. The average molecular weight is 352 g/mol. The number of ketones is 1. The summed E-state index contributed by atoms with van der Waals surface area (Å²) in [5, 5.41) is 3.01. The standard InChI is InChI=1S/C18H15N3O3S/c19-18-15(17(22)12-4-2-1-3-5-12)10-11-16(21-18)20-13-6-8-14(9-7-13)25(23)24/h1-11H,(H,23,24)(H3,19,20,21)/p-1. The first-order valence-electron chi connectivity index (χ1n) is 7.37. The smallest absolute Gasteiger partial charge is 0.196 e. The Morgan fingerprint density at radius 3 is 2.28 bits per heavy atom. The van der Waals surface area contributed by atoms with E-state index in [1.807, 2.05) is 6.07 Å². The molecule has 0 amide bonds. The Bertz CT molecular complexity index is 928. The number of hydrogen-bond acceptors (Lipinski definition) is 6. The van der Waals surface area contributed by atoms with Crippen LogP contribution in [0.25, 0.3) is 0 Å². The van der Waals surface area contributed by atoms with Crippen molar-refractivity contribution in [1.82, 2.24) is 4.98 Å². The molecule has 3 N–H and O–H groups in total. The van der Waals surface area contributed by atoms with E-state index in [1.54, 1.807) is 48.5 Å². The van der Waals surface area contributed by atoms with Gasteiger partial charge in [-0.1, -0.05) is 30.3 Å². The largest absolute Gasteiger partial charge is 0.768 e. The van der Waals surface area contributed by atoms with Crippen LogP contribution in [0.4, 0.5) is 17.3 Å². The van der Waals surface area contributed by atoms with Crippen LogP contribution >= 0.6 is 0 Å². The van der Waals surface area contributed by atoms with Gasteiger partial charge in [0.25, 0.3) is 0 Å². The van der Waals surface area contributed by atoms with Crippen LogP contribution in [0, 0.1) is 0 Å². The third-order valence-electron chi connectivity index (χ3n) is 3.52. The Labute approximate surface area is 147 Å². The highest BCUT2D eigenvalue weighted by molar-refractivity contribution is 7.79. The molecule has 1 heterocycles. The molecule has 126 valence electrons. The highest BCUT2D eigenvalue weighted by Gasteiger charge is 2.13. The molecule has 3 aromatic rings. The molecule has 0 fully saturated rings. The maximum absolute atomic E-state index is 12.4. The molecule has 0 aliphatic carbocycles. The Balaban J connectivity index is 1.80. The molecule has 0 saturated heterocycles. The van der Waals surface area contributed by atoms with E-state index < -0.39 is 11.1 Å². The van der Waals surface area contributed by atoms with E-state index in [9.17, 15) is 13.6 Å². The number of nitrogen functional groups attached to an aromatic ring is 1. The van der Waals surface area contributed by atoms with Gasteiger partial charge in [0.1, 0.15) is 11.6 Å². The second-order valence-electron chi connectivity index (χ2n) is 5.21. The van der Waals surface area contributed by atoms with Gasteiger partial charge >= 0.3 is 0 Å². The van der Waals surface area contributed by atoms with Crippen LogP contribution in [0.5, 0.6) is 0 Å². The normalized spacial score (nSPS) is 11.7. The number of rotatable bonds is 5. The lowest BCUT2D eigenvalue weighted by molar-refractivity contribution is 0.103. The molecule has 0 aliphatic heterocycles. The molecule has 1 aromatic heterocycles. The zero-order valence-electron chi connectivity index (χ0n) is 13.0. The van der Waals surface area contributed by atoms with Gasteiger partial charge in [-0.05, 0) is 47.5 Å². The summed E-state index contributed by atoms with van der Waals surface area (Å²) in [6.07, 6.45) is 0. The molecule has 0 spiro atoms. The number of nitrogens with zero attached hydrogens (tertiary/aromatic N) is 1. The topological polar surface area (TPSA) is 108 Å². The molecule has 0 bridgehead atoms. The summed E-state index contributed by atoms with van der Waals surface area (Å²) < 4.78 is 21.7. The van der Waals surface area contributed by atoms with Gasteiger partial charge in [-0.15, -0.1) is 0 Å². The van der Waals surface area contributed by atoms with Crippen molar-refractivity contribution in [3.63, 3.8) is 0 Å². The van der Waals surface area contributed by atoms with Crippen molar-refractivity contribution in [3.8, 4) is 0 Å². The summed E-state index contributed by atoms with van der Waals surface area (Å²) in [7, 11) is 0. The van der Waals surface area contributed by atoms with Gasteiger partial charge in [0.05, 0.1) is 5.56 Å². The number of pyridine rings is 1. The maximum atomic E-state index is 12.4. The van der Waals surface area contributed by atoms with Crippen molar-refractivity contribution in [2.45, 2.75) is 4.90 Å². The lowest BCUT2D eigenvalue weighted by Gasteiger charge is -2.10. The second kappa shape index (κ2) is 7.25. The van der Waals surface area contributed by atoms with Crippen LogP contribution in [-0.4, -0.2) is 19.5 Å². The number of anilines is 3. The lowest BCUT2D eigenvalue weighted by atomic mass is 10.0. The quantitative estimate of drug-likeness (QED) is 0.540. The maximum Gasteiger partial charge on any atom is 0.196 e. The van der Waals surface area contributed by atoms with Crippen LogP contribution in [0.15, 0.2) is 71.6 Å². The van der Waals surface area contributed by atoms with Gasteiger partial charge in [0.15, 0.2) is 5.78 Å². The number of carbonyl (C=O) groups is 1. The molecule has 6 nitrogen and oxygen atoms in total. The van der Waals surface area contributed by atoms with E-state index in [4.69, 9.17) is 5.73 Å². The van der Waals surface area contributed by atoms with Gasteiger partial charge in [0.2, 0.25) is 0 Å². The predicted octanol–water partition coefficient (Wildman–Crippen LogP) is 2.88. The Hall–Kier alpha value is -3.03. The Morgan fingerprint density at radius 1 is 1.00 bits per heavy atom. The van der Waals surface area contributed by atoms with E-state index in [0.29, 0.717) is 22.6 Å². The summed E-state index contributed by atoms with van der Waals surface area (Å²) in [5.41, 5.74) is 7.45. The van der Waals surface area contributed by atoms with E-state index in [-0.39, 0.29) is 16.5 Å². The summed E-state index contributed by atoms with van der Waals surface area (Å²) in [4.78, 5) is 16.8. The van der Waals surface area contributed by atoms with Gasteiger partial charge in [-0.25, -0.2) is 4.98 Å². The van der Waals surface area contributed by atoms with Crippen molar-refractivity contribution in [3.05, 3.63) is 77.9 Å².